The van der Waals surface area contributed by atoms with Crippen molar-refractivity contribution in [3.63, 3.8) is 0 Å². The summed E-state index contributed by atoms with van der Waals surface area (Å²) >= 11 is 1.80. The first-order chi connectivity index (χ1) is 7.84. The maximum Gasteiger partial charge on any atom is 0.0717 e. The molecule has 1 aromatic carbocycles. The van der Waals surface area contributed by atoms with Crippen molar-refractivity contribution in [3.05, 3.63) is 57.8 Å². The zero-order chi connectivity index (χ0) is 11.2. The van der Waals surface area contributed by atoms with E-state index in [0.29, 0.717) is 6.61 Å². The van der Waals surface area contributed by atoms with Gasteiger partial charge >= 0.3 is 0 Å². The number of aryl methyl sites for hydroxylation is 1. The molecule has 2 rings (SSSR count). The van der Waals surface area contributed by atoms with Crippen molar-refractivity contribution in [2.75, 3.05) is 6.61 Å². The van der Waals surface area contributed by atoms with Gasteiger partial charge in [-0.3, -0.25) is 0 Å². The Morgan fingerprint density at radius 3 is 2.62 bits per heavy atom. The van der Waals surface area contributed by atoms with E-state index in [-0.39, 0.29) is 0 Å². The van der Waals surface area contributed by atoms with Crippen LogP contribution in [0.4, 0.5) is 0 Å². The van der Waals surface area contributed by atoms with Gasteiger partial charge in [0, 0.05) is 4.88 Å². The van der Waals surface area contributed by atoms with Gasteiger partial charge in [-0.05, 0) is 35.9 Å². The van der Waals surface area contributed by atoms with Gasteiger partial charge in [0.1, 0.15) is 0 Å². The van der Waals surface area contributed by atoms with E-state index in [1.54, 1.807) is 11.3 Å². The minimum atomic E-state index is 0.712. The van der Waals surface area contributed by atoms with Crippen molar-refractivity contribution in [2.45, 2.75) is 20.0 Å². The fraction of sp³-hybridized carbons (Fsp3) is 0.286. The van der Waals surface area contributed by atoms with Crippen molar-refractivity contribution < 1.29 is 4.74 Å². The number of thiophene rings is 1. The lowest BCUT2D eigenvalue weighted by Gasteiger charge is -2.03. The standard InChI is InChI=1S/C14H16OS/c1-12-9-14(11-16-12)7-8-15-10-13-5-3-2-4-6-13/h2-6,9,11H,7-8,10H2,1H3. The van der Waals surface area contributed by atoms with Crippen molar-refractivity contribution in [1.82, 2.24) is 0 Å². The van der Waals surface area contributed by atoms with E-state index in [1.165, 1.54) is 16.0 Å². The molecule has 0 aliphatic carbocycles. The van der Waals surface area contributed by atoms with Gasteiger partial charge in [-0.15, -0.1) is 11.3 Å². The molecule has 0 aliphatic heterocycles. The number of hydrogen-bond donors (Lipinski definition) is 0. The Bertz CT molecular complexity index is 419. The Morgan fingerprint density at radius 1 is 1.12 bits per heavy atom. The minimum Gasteiger partial charge on any atom is -0.376 e. The normalized spacial score (nSPS) is 10.6. The predicted octanol–water partition coefficient (Wildman–Crippen LogP) is 3.82. The Morgan fingerprint density at radius 2 is 1.94 bits per heavy atom. The van der Waals surface area contributed by atoms with E-state index in [0.717, 1.165) is 13.0 Å². The van der Waals surface area contributed by atoms with E-state index in [4.69, 9.17) is 4.74 Å². The molecule has 1 nitrogen and oxygen atoms in total. The molecular weight excluding hydrogens is 216 g/mol. The molecule has 0 spiro atoms. The Hall–Kier alpha value is -1.12. The second kappa shape index (κ2) is 5.83. The molecule has 0 unspecified atom stereocenters. The predicted molar refractivity (Wildman–Crippen MR) is 68.9 cm³/mol. The molecule has 2 heteroatoms. The van der Waals surface area contributed by atoms with Crippen LogP contribution in [-0.2, 0) is 17.8 Å². The van der Waals surface area contributed by atoms with Crippen LogP contribution in [0.3, 0.4) is 0 Å². The van der Waals surface area contributed by atoms with Crippen molar-refractivity contribution >= 4 is 11.3 Å². The molecule has 2 aromatic rings. The Kier molecular flexibility index (Phi) is 4.14. The summed E-state index contributed by atoms with van der Waals surface area (Å²) in [7, 11) is 0. The van der Waals surface area contributed by atoms with Gasteiger partial charge in [0.05, 0.1) is 13.2 Å². The highest BCUT2D eigenvalue weighted by atomic mass is 32.1. The highest BCUT2D eigenvalue weighted by Gasteiger charge is 1.97. The third kappa shape index (κ3) is 3.47. The van der Waals surface area contributed by atoms with Crippen LogP contribution in [0.5, 0.6) is 0 Å². The van der Waals surface area contributed by atoms with Gasteiger partial charge in [-0.1, -0.05) is 30.3 Å². The van der Waals surface area contributed by atoms with Crippen molar-refractivity contribution in [1.29, 1.82) is 0 Å². The van der Waals surface area contributed by atoms with Crippen molar-refractivity contribution in [3.8, 4) is 0 Å². The first kappa shape index (κ1) is 11.4. The molecule has 84 valence electrons. The molecule has 16 heavy (non-hydrogen) atoms. The van der Waals surface area contributed by atoms with Gasteiger partial charge in [-0.25, -0.2) is 0 Å². The van der Waals surface area contributed by atoms with E-state index in [9.17, 15) is 0 Å². The molecule has 0 aliphatic rings. The fourth-order valence-corrected chi connectivity index (χ4v) is 2.33. The van der Waals surface area contributed by atoms with Gasteiger partial charge in [0.15, 0.2) is 0 Å². The average molecular weight is 232 g/mol. The van der Waals surface area contributed by atoms with Crippen LogP contribution in [0.15, 0.2) is 41.8 Å². The lowest BCUT2D eigenvalue weighted by atomic mass is 10.2. The molecule has 1 heterocycles. The number of ether oxygens (including phenoxy) is 1. The summed E-state index contributed by atoms with van der Waals surface area (Å²) in [5, 5.41) is 2.21. The largest absolute Gasteiger partial charge is 0.376 e. The third-order valence-electron chi connectivity index (χ3n) is 2.43. The number of benzene rings is 1. The van der Waals surface area contributed by atoms with Crippen LogP contribution in [0.1, 0.15) is 16.0 Å². The molecule has 0 atom stereocenters. The van der Waals surface area contributed by atoms with Gasteiger partial charge in [-0.2, -0.15) is 0 Å². The van der Waals surface area contributed by atoms with Crippen LogP contribution in [0.2, 0.25) is 0 Å². The van der Waals surface area contributed by atoms with Crippen LogP contribution in [0, 0.1) is 6.92 Å². The van der Waals surface area contributed by atoms with Gasteiger partial charge in [0.25, 0.3) is 0 Å². The first-order valence-electron chi connectivity index (χ1n) is 5.50. The summed E-state index contributed by atoms with van der Waals surface area (Å²) in [5.74, 6) is 0. The Balaban J connectivity index is 1.69. The topological polar surface area (TPSA) is 9.23 Å². The number of hydrogen-bond acceptors (Lipinski definition) is 2. The summed E-state index contributed by atoms with van der Waals surface area (Å²) in [6.45, 7) is 3.65. The summed E-state index contributed by atoms with van der Waals surface area (Å²) in [5.41, 5.74) is 2.62. The monoisotopic (exact) mass is 232 g/mol. The van der Waals surface area contributed by atoms with E-state index < -0.39 is 0 Å². The molecule has 0 bridgehead atoms. The summed E-state index contributed by atoms with van der Waals surface area (Å²) in [6.07, 6.45) is 1.01. The third-order valence-corrected chi connectivity index (χ3v) is 3.34. The smallest absolute Gasteiger partial charge is 0.0717 e. The van der Waals surface area contributed by atoms with Crippen LogP contribution in [-0.4, -0.2) is 6.61 Å². The zero-order valence-electron chi connectivity index (χ0n) is 9.48. The molecule has 0 saturated carbocycles. The molecule has 1 aromatic heterocycles. The minimum absolute atomic E-state index is 0.712. The lowest BCUT2D eigenvalue weighted by molar-refractivity contribution is 0.124. The highest BCUT2D eigenvalue weighted by Crippen LogP contribution is 2.13. The lowest BCUT2D eigenvalue weighted by Crippen LogP contribution is -1.98. The average Bonchev–Trinajstić information content (AvgIpc) is 2.72. The van der Waals surface area contributed by atoms with Gasteiger partial charge < -0.3 is 4.74 Å². The van der Waals surface area contributed by atoms with Crippen LogP contribution < -0.4 is 0 Å². The summed E-state index contributed by atoms with van der Waals surface area (Å²) < 4.78 is 5.64. The second-order valence-corrected chi connectivity index (χ2v) is 4.97. The molecule has 0 radical (unpaired) electrons. The Labute approximate surface area is 101 Å². The molecular formula is C14H16OS. The molecule has 0 N–H and O–H groups in total. The maximum atomic E-state index is 5.64. The second-order valence-electron chi connectivity index (χ2n) is 3.85. The maximum absolute atomic E-state index is 5.64. The van der Waals surface area contributed by atoms with E-state index >= 15 is 0 Å². The molecule has 0 fully saturated rings. The summed E-state index contributed by atoms with van der Waals surface area (Å²) in [6, 6.07) is 12.5. The van der Waals surface area contributed by atoms with Crippen molar-refractivity contribution in [2.24, 2.45) is 0 Å². The highest BCUT2D eigenvalue weighted by molar-refractivity contribution is 7.10. The SMILES string of the molecule is Cc1cc(CCOCc2ccccc2)cs1. The number of rotatable bonds is 5. The first-order valence-corrected chi connectivity index (χ1v) is 6.38. The van der Waals surface area contributed by atoms with Crippen LogP contribution >= 0.6 is 11.3 Å². The van der Waals surface area contributed by atoms with E-state index in [1.807, 2.05) is 18.2 Å². The summed E-state index contributed by atoms with van der Waals surface area (Å²) in [4.78, 5) is 1.37. The quantitative estimate of drug-likeness (QED) is 0.712. The zero-order valence-corrected chi connectivity index (χ0v) is 10.3. The van der Waals surface area contributed by atoms with E-state index in [2.05, 4.69) is 30.5 Å². The fourth-order valence-electron chi connectivity index (χ4n) is 1.58. The molecule has 0 saturated heterocycles. The van der Waals surface area contributed by atoms with Gasteiger partial charge in [0.2, 0.25) is 0 Å². The molecule has 0 amide bonds. The van der Waals surface area contributed by atoms with Crippen LogP contribution in [0.25, 0.3) is 0 Å².